The number of amides is 1. The molecule has 2 aromatic rings. The highest BCUT2D eigenvalue weighted by Gasteiger charge is 2.24. The van der Waals surface area contributed by atoms with Crippen molar-refractivity contribution in [2.45, 2.75) is 45.2 Å². The summed E-state index contributed by atoms with van der Waals surface area (Å²) in [6, 6.07) is 4.28. The lowest BCUT2D eigenvalue weighted by Crippen LogP contribution is -2.49. The Bertz CT molecular complexity index is 919. The molecule has 4 N–H and O–H groups in total. The number of imidazole rings is 1. The van der Waals surface area contributed by atoms with E-state index in [4.69, 9.17) is 33.9 Å². The second-order valence-corrected chi connectivity index (χ2v) is 9.06. The van der Waals surface area contributed by atoms with Gasteiger partial charge in [-0.05, 0) is 37.0 Å². The summed E-state index contributed by atoms with van der Waals surface area (Å²) >= 11 is 11.8. The molecule has 34 heavy (non-hydrogen) atoms. The van der Waals surface area contributed by atoms with E-state index >= 15 is 0 Å². The van der Waals surface area contributed by atoms with Crippen LogP contribution in [0.3, 0.4) is 0 Å². The Morgan fingerprint density at radius 2 is 1.82 bits per heavy atom. The monoisotopic (exact) mass is 557 g/mol. The number of nitrogens with two attached hydrogens (primary N) is 1. The second-order valence-electron chi connectivity index (χ2n) is 8.30. The average molecular weight is 559 g/mol. The maximum atomic E-state index is 12.4. The van der Waals surface area contributed by atoms with E-state index < -0.39 is 24.0 Å². The molecular formula is C22H35Cl4N5O3. The van der Waals surface area contributed by atoms with Crippen LogP contribution in [0.2, 0.25) is 0 Å². The van der Waals surface area contributed by atoms with Gasteiger partial charge >= 0.3 is 5.97 Å². The van der Waals surface area contributed by atoms with Crippen molar-refractivity contribution in [2.24, 2.45) is 18.7 Å². The molecule has 0 aliphatic heterocycles. The summed E-state index contributed by atoms with van der Waals surface area (Å²) < 4.78 is 1.98. The highest BCUT2D eigenvalue weighted by Crippen LogP contribution is 2.23. The fourth-order valence-electron chi connectivity index (χ4n) is 3.62. The molecule has 8 nitrogen and oxygen atoms in total. The zero-order valence-electron chi connectivity index (χ0n) is 19.7. The van der Waals surface area contributed by atoms with E-state index in [0.29, 0.717) is 44.1 Å². The van der Waals surface area contributed by atoms with Crippen molar-refractivity contribution < 1.29 is 14.7 Å². The van der Waals surface area contributed by atoms with Crippen LogP contribution in [0, 0.1) is 5.92 Å². The van der Waals surface area contributed by atoms with Crippen LogP contribution in [-0.2, 0) is 23.1 Å². The third-order valence-corrected chi connectivity index (χ3v) is 5.71. The number of nitrogens with zero attached hydrogens (tertiary/aromatic N) is 3. The Morgan fingerprint density at radius 1 is 1.21 bits per heavy atom. The first-order valence-corrected chi connectivity index (χ1v) is 11.9. The molecule has 194 valence electrons. The number of aromatic nitrogens is 2. The highest BCUT2D eigenvalue weighted by atomic mass is 35.5. The number of anilines is 1. The molecular weight excluding hydrogens is 524 g/mol. The zero-order chi connectivity index (χ0) is 23.8. The Morgan fingerprint density at radius 3 is 2.35 bits per heavy atom. The molecule has 1 heterocycles. The van der Waals surface area contributed by atoms with Gasteiger partial charge in [-0.2, -0.15) is 0 Å². The van der Waals surface area contributed by atoms with Gasteiger partial charge in [0.05, 0.1) is 17.1 Å². The number of carboxylic acid groups (broad SMARTS) is 1. The summed E-state index contributed by atoms with van der Waals surface area (Å²) in [5.74, 6) is 0.436. The van der Waals surface area contributed by atoms with E-state index in [9.17, 15) is 14.7 Å². The number of halogens is 4. The molecule has 0 bridgehead atoms. The van der Waals surface area contributed by atoms with Gasteiger partial charge in [-0.15, -0.1) is 48.0 Å². The number of aliphatic carboxylic acids is 1. The third kappa shape index (κ3) is 8.96. The van der Waals surface area contributed by atoms with Gasteiger partial charge in [-0.3, -0.25) is 4.79 Å². The van der Waals surface area contributed by atoms with Crippen molar-refractivity contribution in [1.82, 2.24) is 14.9 Å². The molecule has 0 fully saturated rings. The van der Waals surface area contributed by atoms with Crippen molar-refractivity contribution in [3.8, 4) is 0 Å². The van der Waals surface area contributed by atoms with E-state index in [1.165, 1.54) is 0 Å². The number of carbonyl (C=O) groups is 2. The van der Waals surface area contributed by atoms with Gasteiger partial charge in [0.15, 0.2) is 0 Å². The lowest BCUT2D eigenvalue weighted by atomic mass is 10.0. The van der Waals surface area contributed by atoms with Crippen LogP contribution in [0.4, 0.5) is 5.69 Å². The van der Waals surface area contributed by atoms with Crippen molar-refractivity contribution in [2.75, 3.05) is 29.7 Å². The SMILES string of the molecule is CC(C)CC(NC(=O)C(N)CCc1nc2cc(N(CCCl)CCCl)ccc2n1C)C(=O)O.Cl.Cl. The van der Waals surface area contributed by atoms with Crippen LogP contribution in [0.1, 0.15) is 32.5 Å². The average Bonchev–Trinajstić information content (AvgIpc) is 3.05. The largest absolute Gasteiger partial charge is 0.480 e. The molecule has 2 atom stereocenters. The number of aryl methyl sites for hydroxylation is 2. The summed E-state index contributed by atoms with van der Waals surface area (Å²) in [6.45, 7) is 5.20. The molecule has 0 saturated heterocycles. The van der Waals surface area contributed by atoms with E-state index in [1.54, 1.807) is 0 Å². The molecule has 1 amide bonds. The predicted octanol–water partition coefficient (Wildman–Crippen LogP) is 3.58. The Labute approximate surface area is 223 Å². The van der Waals surface area contributed by atoms with Crippen molar-refractivity contribution >= 4 is 76.6 Å². The fourth-order valence-corrected chi connectivity index (χ4v) is 4.03. The molecule has 0 radical (unpaired) electrons. The van der Waals surface area contributed by atoms with Crippen LogP contribution in [-0.4, -0.2) is 63.5 Å². The number of carbonyl (C=O) groups excluding carboxylic acids is 1. The Balaban J connectivity index is 0.00000544. The van der Waals surface area contributed by atoms with Gasteiger partial charge in [0.2, 0.25) is 5.91 Å². The van der Waals surface area contributed by atoms with Crippen molar-refractivity contribution in [3.05, 3.63) is 24.0 Å². The van der Waals surface area contributed by atoms with E-state index in [2.05, 4.69) is 10.2 Å². The first-order chi connectivity index (χ1) is 15.2. The van der Waals surface area contributed by atoms with Crippen molar-refractivity contribution in [1.29, 1.82) is 0 Å². The quantitative estimate of drug-likeness (QED) is 0.324. The zero-order valence-corrected chi connectivity index (χ0v) is 22.8. The molecule has 1 aromatic heterocycles. The number of nitrogens with one attached hydrogen (secondary N) is 1. The van der Waals surface area contributed by atoms with Gasteiger partial charge in [-0.1, -0.05) is 13.8 Å². The normalized spacial score (nSPS) is 12.6. The first-order valence-electron chi connectivity index (χ1n) is 10.8. The van der Waals surface area contributed by atoms with Crippen LogP contribution >= 0.6 is 48.0 Å². The maximum absolute atomic E-state index is 12.4. The molecule has 0 spiro atoms. The van der Waals surface area contributed by atoms with E-state index in [1.807, 2.05) is 43.7 Å². The van der Waals surface area contributed by atoms with Crippen LogP contribution in [0.25, 0.3) is 11.0 Å². The summed E-state index contributed by atoms with van der Waals surface area (Å²) in [4.78, 5) is 30.6. The van der Waals surface area contributed by atoms with Gasteiger partial charge in [0.1, 0.15) is 11.9 Å². The third-order valence-electron chi connectivity index (χ3n) is 5.37. The molecule has 12 heteroatoms. The molecule has 0 saturated carbocycles. The smallest absolute Gasteiger partial charge is 0.326 e. The topological polar surface area (TPSA) is 113 Å². The molecule has 2 rings (SSSR count). The van der Waals surface area contributed by atoms with Crippen LogP contribution in [0.15, 0.2) is 18.2 Å². The summed E-state index contributed by atoms with van der Waals surface area (Å²) in [7, 11) is 1.92. The number of fused-ring (bicyclic) bond motifs is 1. The minimum atomic E-state index is -1.05. The molecule has 1 aromatic carbocycles. The maximum Gasteiger partial charge on any atom is 0.326 e. The summed E-state index contributed by atoms with van der Waals surface area (Å²) in [5.41, 5.74) is 8.87. The fraction of sp³-hybridized carbons (Fsp3) is 0.591. The number of hydrogen-bond acceptors (Lipinski definition) is 5. The van der Waals surface area contributed by atoms with Gasteiger partial charge in [-0.25, -0.2) is 9.78 Å². The highest BCUT2D eigenvalue weighted by molar-refractivity contribution is 6.18. The van der Waals surface area contributed by atoms with Crippen LogP contribution in [0.5, 0.6) is 0 Å². The number of alkyl halides is 2. The van der Waals surface area contributed by atoms with Gasteiger partial charge < -0.3 is 25.6 Å². The molecule has 2 unspecified atom stereocenters. The van der Waals surface area contributed by atoms with E-state index in [-0.39, 0.29) is 30.7 Å². The number of hydrogen-bond donors (Lipinski definition) is 3. The number of carboxylic acids is 1. The Kier molecular flexibility index (Phi) is 14.9. The number of rotatable bonds is 13. The van der Waals surface area contributed by atoms with Gasteiger partial charge in [0.25, 0.3) is 0 Å². The minimum absolute atomic E-state index is 0. The lowest BCUT2D eigenvalue weighted by Gasteiger charge is -2.22. The molecule has 0 aliphatic carbocycles. The molecule has 0 aliphatic rings. The number of benzene rings is 1. The summed E-state index contributed by atoms with van der Waals surface area (Å²) in [5, 5.41) is 11.9. The predicted molar refractivity (Wildman–Crippen MR) is 144 cm³/mol. The Hall–Kier alpha value is -1.45. The summed E-state index contributed by atoms with van der Waals surface area (Å²) in [6.07, 6.45) is 1.20. The standard InChI is InChI=1S/C22H33Cl2N5O3.2ClH/c1-14(2)12-18(22(31)32)27-21(30)16(25)5-7-20-26-17-13-15(4-6-19(17)28(20)3)29(10-8-23)11-9-24;;/h4,6,13-14,16,18H,5,7-12,25H2,1-3H3,(H,27,30)(H,31,32);2*1H. The second kappa shape index (κ2) is 15.5. The van der Waals surface area contributed by atoms with E-state index in [0.717, 1.165) is 22.5 Å². The minimum Gasteiger partial charge on any atom is -0.480 e. The lowest BCUT2D eigenvalue weighted by molar-refractivity contribution is -0.142. The van der Waals surface area contributed by atoms with Crippen molar-refractivity contribution in [3.63, 3.8) is 0 Å². The van der Waals surface area contributed by atoms with Gasteiger partial charge in [0, 0.05) is 44.0 Å². The van der Waals surface area contributed by atoms with Crippen LogP contribution < -0.4 is 16.0 Å². The first kappa shape index (κ1) is 32.5.